The zero-order valence-electron chi connectivity index (χ0n) is 8.40. The fourth-order valence-electron chi connectivity index (χ4n) is 1.22. The van der Waals surface area contributed by atoms with Gasteiger partial charge in [-0.05, 0) is 6.42 Å². The first kappa shape index (κ1) is 11.3. The molecule has 14 heavy (non-hydrogen) atoms. The predicted octanol–water partition coefficient (Wildman–Crippen LogP) is 1.77. The molecule has 0 radical (unpaired) electrons. The van der Waals surface area contributed by atoms with E-state index in [4.69, 9.17) is 5.73 Å². The van der Waals surface area contributed by atoms with E-state index in [1.165, 1.54) is 11.3 Å². The van der Waals surface area contributed by atoms with Crippen LogP contribution in [0, 0.1) is 0 Å². The average molecular weight is 212 g/mol. The number of thiazole rings is 1. The molecule has 0 bridgehead atoms. The van der Waals surface area contributed by atoms with Gasteiger partial charge in [-0.25, -0.2) is 0 Å². The molecule has 1 rings (SSSR count). The molecule has 0 aromatic carbocycles. The Balaban J connectivity index is 2.34. The standard InChI is InChI=1S/C10H16N2OS/c1-2-3-4-9(11)10(13)5-8-6-12-7-14-8/h6-7,9H,2-5,11H2,1H3. The molecule has 78 valence electrons. The van der Waals surface area contributed by atoms with Gasteiger partial charge in [-0.15, -0.1) is 11.3 Å². The lowest BCUT2D eigenvalue weighted by atomic mass is 10.0. The summed E-state index contributed by atoms with van der Waals surface area (Å²) in [6.07, 6.45) is 5.08. The Hall–Kier alpha value is -0.740. The van der Waals surface area contributed by atoms with E-state index < -0.39 is 0 Å². The third-order valence-corrected chi connectivity index (χ3v) is 2.89. The molecule has 0 aliphatic carbocycles. The molecule has 2 N–H and O–H groups in total. The van der Waals surface area contributed by atoms with Gasteiger partial charge in [0.25, 0.3) is 0 Å². The number of nitrogens with zero attached hydrogens (tertiary/aromatic N) is 1. The smallest absolute Gasteiger partial charge is 0.154 e. The van der Waals surface area contributed by atoms with Gasteiger partial charge in [-0.1, -0.05) is 19.8 Å². The number of hydrogen-bond donors (Lipinski definition) is 1. The lowest BCUT2D eigenvalue weighted by molar-refractivity contribution is -0.119. The Morgan fingerprint density at radius 3 is 3.07 bits per heavy atom. The quantitative estimate of drug-likeness (QED) is 0.782. The summed E-state index contributed by atoms with van der Waals surface area (Å²) in [4.78, 5) is 16.5. The monoisotopic (exact) mass is 212 g/mol. The maximum absolute atomic E-state index is 11.6. The topological polar surface area (TPSA) is 56.0 Å². The molecule has 1 aromatic rings. The highest BCUT2D eigenvalue weighted by Crippen LogP contribution is 2.09. The third kappa shape index (κ3) is 3.55. The third-order valence-electron chi connectivity index (χ3n) is 2.11. The maximum Gasteiger partial charge on any atom is 0.154 e. The van der Waals surface area contributed by atoms with Crippen LogP contribution in [0.4, 0.5) is 0 Å². The number of ketones is 1. The summed E-state index contributed by atoms with van der Waals surface area (Å²) in [5.41, 5.74) is 7.49. The molecule has 0 fully saturated rings. The summed E-state index contributed by atoms with van der Waals surface area (Å²) in [6.45, 7) is 2.10. The van der Waals surface area contributed by atoms with Crippen LogP contribution in [0.5, 0.6) is 0 Å². The SMILES string of the molecule is CCCCC(N)C(=O)Cc1cncs1. The number of rotatable bonds is 6. The number of Topliss-reactive ketones (excluding diaryl/α,β-unsaturated/α-hetero) is 1. The van der Waals surface area contributed by atoms with E-state index in [-0.39, 0.29) is 11.8 Å². The van der Waals surface area contributed by atoms with E-state index >= 15 is 0 Å². The zero-order chi connectivity index (χ0) is 10.4. The summed E-state index contributed by atoms with van der Waals surface area (Å²) >= 11 is 1.50. The van der Waals surface area contributed by atoms with Crippen LogP contribution in [-0.4, -0.2) is 16.8 Å². The number of hydrogen-bond acceptors (Lipinski definition) is 4. The Labute approximate surface area is 88.3 Å². The molecule has 4 heteroatoms. The fraction of sp³-hybridized carbons (Fsp3) is 0.600. The van der Waals surface area contributed by atoms with Crippen molar-refractivity contribution in [3.63, 3.8) is 0 Å². The van der Waals surface area contributed by atoms with Crippen molar-refractivity contribution in [3.05, 3.63) is 16.6 Å². The van der Waals surface area contributed by atoms with Crippen LogP contribution in [0.25, 0.3) is 0 Å². The van der Waals surface area contributed by atoms with Gasteiger partial charge in [0, 0.05) is 17.5 Å². The second-order valence-corrected chi connectivity index (χ2v) is 4.33. The second kappa shape index (κ2) is 5.88. The van der Waals surface area contributed by atoms with E-state index in [0.29, 0.717) is 6.42 Å². The summed E-state index contributed by atoms with van der Waals surface area (Å²) in [7, 11) is 0. The van der Waals surface area contributed by atoms with E-state index in [2.05, 4.69) is 11.9 Å². The van der Waals surface area contributed by atoms with Crippen molar-refractivity contribution in [1.29, 1.82) is 0 Å². The first-order chi connectivity index (χ1) is 6.74. The summed E-state index contributed by atoms with van der Waals surface area (Å²) < 4.78 is 0. The van der Waals surface area contributed by atoms with Crippen LogP contribution in [0.2, 0.25) is 0 Å². The second-order valence-electron chi connectivity index (χ2n) is 3.36. The summed E-state index contributed by atoms with van der Waals surface area (Å²) in [5, 5.41) is 0. The fourth-order valence-corrected chi connectivity index (χ4v) is 1.82. The number of aromatic nitrogens is 1. The van der Waals surface area contributed by atoms with Gasteiger partial charge in [0.1, 0.15) is 0 Å². The van der Waals surface area contributed by atoms with E-state index in [1.807, 2.05) is 0 Å². The molecule has 0 spiro atoms. The molecular formula is C10H16N2OS. The Morgan fingerprint density at radius 2 is 2.50 bits per heavy atom. The van der Waals surface area contributed by atoms with E-state index in [0.717, 1.165) is 24.1 Å². The first-order valence-electron chi connectivity index (χ1n) is 4.89. The largest absolute Gasteiger partial charge is 0.321 e. The van der Waals surface area contributed by atoms with Gasteiger partial charge < -0.3 is 5.73 Å². The minimum absolute atomic E-state index is 0.128. The maximum atomic E-state index is 11.6. The summed E-state index contributed by atoms with van der Waals surface area (Å²) in [5.74, 6) is 0.128. The van der Waals surface area contributed by atoms with Gasteiger partial charge >= 0.3 is 0 Å². The molecule has 1 unspecified atom stereocenters. The van der Waals surface area contributed by atoms with Crippen molar-refractivity contribution in [1.82, 2.24) is 4.98 Å². The van der Waals surface area contributed by atoms with E-state index in [9.17, 15) is 4.79 Å². The normalized spacial score (nSPS) is 12.7. The highest BCUT2D eigenvalue weighted by molar-refractivity contribution is 7.09. The highest BCUT2D eigenvalue weighted by Gasteiger charge is 2.13. The Kier molecular flexibility index (Phi) is 4.76. The lowest BCUT2D eigenvalue weighted by Gasteiger charge is -2.08. The zero-order valence-corrected chi connectivity index (χ0v) is 9.22. The molecular weight excluding hydrogens is 196 g/mol. The molecule has 0 aliphatic heterocycles. The van der Waals surface area contributed by atoms with Crippen molar-refractivity contribution in [2.24, 2.45) is 5.73 Å². The van der Waals surface area contributed by atoms with Crippen molar-refractivity contribution in [2.75, 3.05) is 0 Å². The molecule has 1 heterocycles. The van der Waals surface area contributed by atoms with Crippen molar-refractivity contribution in [3.8, 4) is 0 Å². The molecule has 0 saturated heterocycles. The number of nitrogens with two attached hydrogens (primary N) is 1. The highest BCUT2D eigenvalue weighted by atomic mass is 32.1. The van der Waals surface area contributed by atoms with Crippen LogP contribution < -0.4 is 5.73 Å². The van der Waals surface area contributed by atoms with Crippen molar-refractivity contribution in [2.45, 2.75) is 38.6 Å². The molecule has 0 amide bonds. The molecule has 0 aliphatic rings. The number of carbonyl (C=O) groups is 1. The predicted molar refractivity (Wildman–Crippen MR) is 58.3 cm³/mol. The van der Waals surface area contributed by atoms with Crippen LogP contribution >= 0.6 is 11.3 Å². The minimum Gasteiger partial charge on any atom is -0.321 e. The van der Waals surface area contributed by atoms with Crippen LogP contribution in [0.1, 0.15) is 31.1 Å². The van der Waals surface area contributed by atoms with Gasteiger partial charge in [-0.2, -0.15) is 0 Å². The number of carbonyl (C=O) groups excluding carboxylic acids is 1. The van der Waals surface area contributed by atoms with Gasteiger partial charge in [0.2, 0.25) is 0 Å². The molecule has 1 aromatic heterocycles. The average Bonchev–Trinajstić information content (AvgIpc) is 2.66. The van der Waals surface area contributed by atoms with Gasteiger partial charge in [-0.3, -0.25) is 9.78 Å². The minimum atomic E-state index is -0.294. The van der Waals surface area contributed by atoms with Gasteiger partial charge in [0.15, 0.2) is 5.78 Å². The van der Waals surface area contributed by atoms with Crippen molar-refractivity contribution < 1.29 is 4.79 Å². The van der Waals surface area contributed by atoms with E-state index in [1.54, 1.807) is 11.7 Å². The Morgan fingerprint density at radius 1 is 1.71 bits per heavy atom. The van der Waals surface area contributed by atoms with Crippen LogP contribution in [0.3, 0.4) is 0 Å². The molecule has 1 atom stereocenters. The van der Waals surface area contributed by atoms with Gasteiger partial charge in [0.05, 0.1) is 11.6 Å². The Bertz CT molecular complexity index is 272. The lowest BCUT2D eigenvalue weighted by Crippen LogP contribution is -2.31. The van der Waals surface area contributed by atoms with Crippen LogP contribution in [-0.2, 0) is 11.2 Å². The molecule has 0 saturated carbocycles. The van der Waals surface area contributed by atoms with Crippen molar-refractivity contribution >= 4 is 17.1 Å². The van der Waals surface area contributed by atoms with Crippen LogP contribution in [0.15, 0.2) is 11.7 Å². The molecule has 3 nitrogen and oxygen atoms in total. The summed E-state index contributed by atoms with van der Waals surface area (Å²) in [6, 6.07) is -0.294. The number of unbranched alkanes of at least 4 members (excludes halogenated alkanes) is 1. The first-order valence-corrected chi connectivity index (χ1v) is 5.77.